The van der Waals surface area contributed by atoms with E-state index in [2.05, 4.69) is 4.90 Å². The van der Waals surface area contributed by atoms with E-state index in [0.717, 1.165) is 0 Å². The van der Waals surface area contributed by atoms with Gasteiger partial charge in [-0.1, -0.05) is 12.1 Å². The molecule has 0 unspecified atom stereocenters. The van der Waals surface area contributed by atoms with E-state index in [9.17, 15) is 14.7 Å². The van der Waals surface area contributed by atoms with Crippen molar-refractivity contribution in [2.75, 3.05) is 28.4 Å². The summed E-state index contributed by atoms with van der Waals surface area (Å²) in [5, 5.41) is 9.61. The highest BCUT2D eigenvalue weighted by Gasteiger charge is 2.47. The average molecular weight is 512 g/mol. The van der Waals surface area contributed by atoms with Gasteiger partial charge >= 0.3 is 11.9 Å². The molecule has 2 aromatic carbocycles. The molecule has 2 fully saturated rings. The lowest BCUT2D eigenvalue weighted by molar-refractivity contribution is -0.153. The summed E-state index contributed by atoms with van der Waals surface area (Å²) in [7, 11) is 6.61. The molecule has 0 radical (unpaired) electrons. The number of hydrogen-bond acceptors (Lipinski definition) is 9. The number of piperidine rings is 1. The number of methoxy groups -OCH3 is 3. The Morgan fingerprint density at radius 2 is 1.73 bits per heavy atom. The van der Waals surface area contributed by atoms with Crippen LogP contribution in [0.15, 0.2) is 42.5 Å². The molecule has 2 aliphatic heterocycles. The minimum atomic E-state index is -0.447. The van der Waals surface area contributed by atoms with Crippen LogP contribution in [-0.2, 0) is 25.5 Å². The molecule has 0 amide bonds. The van der Waals surface area contributed by atoms with Crippen LogP contribution in [0.4, 0.5) is 0 Å². The summed E-state index contributed by atoms with van der Waals surface area (Å²) in [6.45, 7) is 0. The first kappa shape index (κ1) is 26.3. The number of nitrogens with zero attached hydrogens (tertiary/aromatic N) is 1. The number of carbonyl (C=O) groups excluding carboxylic acids is 2. The van der Waals surface area contributed by atoms with E-state index >= 15 is 0 Å². The van der Waals surface area contributed by atoms with E-state index in [1.165, 1.54) is 27.4 Å². The third kappa shape index (κ3) is 6.17. The number of phenolic OH excluding ortho intramolecular Hbond substituents is 1. The molecule has 0 aliphatic carbocycles. The first-order chi connectivity index (χ1) is 17.8. The summed E-state index contributed by atoms with van der Waals surface area (Å²) < 4.78 is 27.6. The van der Waals surface area contributed by atoms with Crippen molar-refractivity contribution in [3.8, 4) is 23.0 Å². The molecular formula is C28H33NO8. The van der Waals surface area contributed by atoms with Crippen LogP contribution in [-0.4, -0.2) is 74.6 Å². The zero-order valence-electron chi connectivity index (χ0n) is 21.5. The summed E-state index contributed by atoms with van der Waals surface area (Å²) in [6, 6.07) is 10.2. The highest BCUT2D eigenvalue weighted by molar-refractivity contribution is 5.87. The summed E-state index contributed by atoms with van der Waals surface area (Å²) in [5.74, 6) is 0.796. The number of benzene rings is 2. The fourth-order valence-electron chi connectivity index (χ4n) is 5.21. The van der Waals surface area contributed by atoms with E-state index in [1.54, 1.807) is 42.5 Å². The molecule has 0 spiro atoms. The molecule has 2 bridgehead atoms. The van der Waals surface area contributed by atoms with E-state index in [-0.39, 0.29) is 42.4 Å². The molecule has 198 valence electrons. The van der Waals surface area contributed by atoms with Crippen molar-refractivity contribution in [1.82, 2.24) is 4.90 Å². The summed E-state index contributed by atoms with van der Waals surface area (Å²) in [6.07, 6.45) is 4.56. The van der Waals surface area contributed by atoms with Crippen molar-refractivity contribution in [3.05, 3.63) is 53.6 Å². The number of hydrogen-bond donors (Lipinski definition) is 1. The van der Waals surface area contributed by atoms with Crippen LogP contribution < -0.4 is 14.2 Å². The maximum Gasteiger partial charge on any atom is 0.331 e. The SMILES string of the molecule is COc1cc(/C=C/C(=O)O[C@H]2C[C@H]3C[C@H](OC(=O)Cc4cccc(O)c4)C[C@@H]2N3C)cc(OC)c1OC. The zero-order chi connectivity index (χ0) is 26.5. The predicted octanol–water partition coefficient (Wildman–Crippen LogP) is 3.36. The summed E-state index contributed by atoms with van der Waals surface area (Å²) >= 11 is 0. The van der Waals surface area contributed by atoms with Gasteiger partial charge in [0.25, 0.3) is 0 Å². The van der Waals surface area contributed by atoms with Gasteiger partial charge in [-0.25, -0.2) is 4.79 Å². The number of aromatic hydroxyl groups is 1. The third-order valence-electron chi connectivity index (χ3n) is 7.00. The molecule has 4 rings (SSSR count). The molecule has 1 N–H and O–H groups in total. The Balaban J connectivity index is 1.35. The fourth-order valence-corrected chi connectivity index (χ4v) is 5.21. The monoisotopic (exact) mass is 511 g/mol. The van der Waals surface area contributed by atoms with Crippen molar-refractivity contribution in [1.29, 1.82) is 0 Å². The fraction of sp³-hybridized carbons (Fsp3) is 0.429. The molecule has 37 heavy (non-hydrogen) atoms. The van der Waals surface area contributed by atoms with Gasteiger partial charge in [-0.05, 0) is 48.5 Å². The first-order valence-corrected chi connectivity index (χ1v) is 12.2. The second kappa shape index (κ2) is 11.6. The quantitative estimate of drug-likeness (QED) is 0.401. The molecule has 9 nitrogen and oxygen atoms in total. The number of fused-ring (bicyclic) bond motifs is 2. The lowest BCUT2D eigenvalue weighted by Gasteiger charge is -2.36. The van der Waals surface area contributed by atoms with Crippen molar-refractivity contribution < 1.29 is 38.4 Å². The Hall–Kier alpha value is -3.72. The Labute approximate surface area is 216 Å². The van der Waals surface area contributed by atoms with Gasteiger partial charge < -0.3 is 28.8 Å². The maximum atomic E-state index is 12.7. The lowest BCUT2D eigenvalue weighted by atomic mass is 10.00. The first-order valence-electron chi connectivity index (χ1n) is 12.2. The Bertz CT molecular complexity index is 1140. The molecular weight excluding hydrogens is 478 g/mol. The number of carbonyl (C=O) groups is 2. The molecule has 9 heteroatoms. The molecule has 2 aromatic rings. The lowest BCUT2D eigenvalue weighted by Crippen LogP contribution is -2.46. The van der Waals surface area contributed by atoms with Gasteiger partial charge in [0, 0.05) is 31.4 Å². The van der Waals surface area contributed by atoms with Gasteiger partial charge in [-0.3, -0.25) is 9.69 Å². The number of rotatable bonds is 9. The average Bonchev–Trinajstić information content (AvgIpc) is 3.03. The molecule has 2 saturated heterocycles. The molecule has 2 heterocycles. The second-order valence-electron chi connectivity index (χ2n) is 9.32. The van der Waals surface area contributed by atoms with Gasteiger partial charge in [0.1, 0.15) is 18.0 Å². The minimum absolute atomic E-state index is 0.0316. The third-order valence-corrected chi connectivity index (χ3v) is 7.00. The van der Waals surface area contributed by atoms with Gasteiger partial charge in [0.15, 0.2) is 11.5 Å². The molecule has 2 aliphatic rings. The molecule has 0 aromatic heterocycles. The highest BCUT2D eigenvalue weighted by atomic mass is 16.6. The van der Waals surface area contributed by atoms with Crippen LogP contribution >= 0.6 is 0 Å². The van der Waals surface area contributed by atoms with Gasteiger partial charge in [-0.15, -0.1) is 0 Å². The van der Waals surface area contributed by atoms with Crippen LogP contribution in [0.5, 0.6) is 23.0 Å². The minimum Gasteiger partial charge on any atom is -0.508 e. The summed E-state index contributed by atoms with van der Waals surface area (Å²) in [5.41, 5.74) is 1.40. The van der Waals surface area contributed by atoms with Gasteiger partial charge in [0.2, 0.25) is 5.75 Å². The van der Waals surface area contributed by atoms with Crippen LogP contribution in [0.25, 0.3) is 6.08 Å². The normalized spacial score (nSPS) is 23.0. The van der Waals surface area contributed by atoms with Crippen LogP contribution in [0, 0.1) is 0 Å². The number of likely N-dealkylation sites (N-methyl/N-ethyl adjacent to an activating group) is 1. The predicted molar refractivity (Wildman–Crippen MR) is 136 cm³/mol. The van der Waals surface area contributed by atoms with E-state index in [1.807, 2.05) is 7.05 Å². The van der Waals surface area contributed by atoms with Gasteiger partial charge in [0.05, 0.1) is 33.8 Å². The number of esters is 2. The molecule has 0 saturated carbocycles. The Morgan fingerprint density at radius 1 is 1.00 bits per heavy atom. The van der Waals surface area contributed by atoms with Crippen molar-refractivity contribution in [2.45, 2.75) is 50.0 Å². The zero-order valence-corrected chi connectivity index (χ0v) is 21.5. The van der Waals surface area contributed by atoms with E-state index in [0.29, 0.717) is 47.6 Å². The van der Waals surface area contributed by atoms with Crippen molar-refractivity contribution in [2.24, 2.45) is 0 Å². The number of ether oxygens (including phenoxy) is 5. The second-order valence-corrected chi connectivity index (χ2v) is 9.32. The van der Waals surface area contributed by atoms with Crippen molar-refractivity contribution in [3.63, 3.8) is 0 Å². The Morgan fingerprint density at radius 3 is 2.38 bits per heavy atom. The maximum absolute atomic E-state index is 12.7. The van der Waals surface area contributed by atoms with Crippen LogP contribution in [0.1, 0.15) is 30.4 Å². The number of phenols is 1. The Kier molecular flexibility index (Phi) is 8.23. The standard InChI is InChI=1S/C28H33NO8/c1-29-19-14-21(36-27(32)13-17-6-5-7-20(30)10-17)16-22(29)23(15-19)37-26(31)9-8-18-11-24(33-2)28(35-4)25(12-18)34-3/h5-12,19,21-23,30H,13-16H2,1-4H3/b9-8+/t19-,21+,22+,23+/m1/s1. The molecule has 4 atom stereocenters. The van der Waals surface area contributed by atoms with Crippen molar-refractivity contribution >= 4 is 18.0 Å². The largest absolute Gasteiger partial charge is 0.508 e. The van der Waals surface area contributed by atoms with Crippen LogP contribution in [0.2, 0.25) is 0 Å². The summed E-state index contributed by atoms with van der Waals surface area (Å²) in [4.78, 5) is 27.4. The smallest absolute Gasteiger partial charge is 0.331 e. The van der Waals surface area contributed by atoms with Gasteiger partial charge in [-0.2, -0.15) is 0 Å². The highest BCUT2D eigenvalue weighted by Crippen LogP contribution is 2.39. The van der Waals surface area contributed by atoms with Crippen LogP contribution in [0.3, 0.4) is 0 Å². The topological polar surface area (TPSA) is 104 Å². The van der Waals surface area contributed by atoms with E-state index < -0.39 is 5.97 Å². The van der Waals surface area contributed by atoms with E-state index in [4.69, 9.17) is 23.7 Å².